The second-order valence-electron chi connectivity index (χ2n) is 7.52. The summed E-state index contributed by atoms with van der Waals surface area (Å²) < 4.78 is 0. The average Bonchev–Trinajstić information content (AvgIpc) is 2.93. The minimum Gasteiger partial charge on any atom is -0.345 e. The van der Waals surface area contributed by atoms with Crippen LogP contribution in [0, 0.1) is 25.7 Å². The predicted octanol–water partition coefficient (Wildman–Crippen LogP) is 0.645. The van der Waals surface area contributed by atoms with Gasteiger partial charge in [0.05, 0.1) is 6.42 Å². The fourth-order valence-electron chi connectivity index (χ4n) is 4.24. The molecular formula is C18H26N4O3. The summed E-state index contributed by atoms with van der Waals surface area (Å²) in [5.41, 5.74) is 0.808. The molecule has 1 aromatic heterocycles. The number of aromatic amines is 1. The quantitative estimate of drug-likeness (QED) is 0.870. The molecule has 0 unspecified atom stereocenters. The third-order valence-corrected chi connectivity index (χ3v) is 5.80. The molecule has 136 valence electrons. The molecule has 2 aliphatic rings. The van der Waals surface area contributed by atoms with Crippen LogP contribution in [0.1, 0.15) is 36.3 Å². The van der Waals surface area contributed by atoms with E-state index >= 15 is 0 Å². The van der Waals surface area contributed by atoms with Crippen LogP contribution in [0.15, 0.2) is 4.79 Å². The number of carbonyl (C=O) groups is 2. The Balaban J connectivity index is 1.68. The molecule has 0 spiro atoms. The lowest BCUT2D eigenvalue weighted by atomic mass is 9.88. The highest BCUT2D eigenvalue weighted by Crippen LogP contribution is 2.40. The maximum atomic E-state index is 12.7. The third-order valence-electron chi connectivity index (χ3n) is 5.80. The summed E-state index contributed by atoms with van der Waals surface area (Å²) >= 11 is 0. The van der Waals surface area contributed by atoms with Crippen molar-refractivity contribution in [3.05, 3.63) is 27.4 Å². The molecule has 2 heterocycles. The molecule has 1 saturated heterocycles. The normalized spacial score (nSPS) is 25.8. The summed E-state index contributed by atoms with van der Waals surface area (Å²) in [4.78, 5) is 47.2. The van der Waals surface area contributed by atoms with Crippen LogP contribution in [0.3, 0.4) is 0 Å². The van der Waals surface area contributed by atoms with Gasteiger partial charge in [0.15, 0.2) is 0 Å². The van der Waals surface area contributed by atoms with E-state index in [4.69, 9.17) is 0 Å². The molecule has 0 bridgehead atoms. The van der Waals surface area contributed by atoms with Crippen molar-refractivity contribution in [2.24, 2.45) is 11.8 Å². The molecule has 1 saturated carbocycles. The van der Waals surface area contributed by atoms with Crippen molar-refractivity contribution in [1.82, 2.24) is 19.8 Å². The SMILES string of the molecule is Cc1nc(C)c(CC(=O)N(C)[C@H]2C[C@H]3CC(=O)N(C)C[C@H]3C2)c(=O)[nH]1. The molecule has 25 heavy (non-hydrogen) atoms. The molecule has 2 amide bonds. The summed E-state index contributed by atoms with van der Waals surface area (Å²) in [6, 6.07) is 0.139. The van der Waals surface area contributed by atoms with E-state index in [2.05, 4.69) is 9.97 Å². The van der Waals surface area contributed by atoms with Crippen LogP contribution < -0.4 is 5.56 Å². The van der Waals surface area contributed by atoms with Crippen LogP contribution in [0.4, 0.5) is 0 Å². The number of fused-ring (bicyclic) bond motifs is 1. The summed E-state index contributed by atoms with van der Waals surface area (Å²) in [5.74, 6) is 1.52. The minimum absolute atomic E-state index is 0.0651. The summed E-state index contributed by atoms with van der Waals surface area (Å²) in [7, 11) is 3.65. The van der Waals surface area contributed by atoms with Crippen LogP contribution >= 0.6 is 0 Å². The highest BCUT2D eigenvalue weighted by atomic mass is 16.2. The number of aryl methyl sites for hydroxylation is 2. The van der Waals surface area contributed by atoms with Gasteiger partial charge in [-0.25, -0.2) is 4.98 Å². The van der Waals surface area contributed by atoms with Crippen LogP contribution in [-0.2, 0) is 16.0 Å². The first kappa shape index (κ1) is 17.6. The van der Waals surface area contributed by atoms with E-state index in [1.807, 2.05) is 7.05 Å². The molecule has 3 rings (SSSR count). The van der Waals surface area contributed by atoms with Crippen molar-refractivity contribution in [3.63, 3.8) is 0 Å². The second kappa shape index (κ2) is 6.61. The summed E-state index contributed by atoms with van der Waals surface area (Å²) in [5, 5.41) is 0. The first-order valence-electron chi connectivity index (χ1n) is 8.82. The maximum absolute atomic E-state index is 12.7. The van der Waals surface area contributed by atoms with Gasteiger partial charge in [0.2, 0.25) is 11.8 Å². The van der Waals surface area contributed by atoms with Crippen molar-refractivity contribution in [2.45, 2.75) is 45.6 Å². The summed E-state index contributed by atoms with van der Waals surface area (Å²) in [6.45, 7) is 4.27. The number of rotatable bonds is 3. The topological polar surface area (TPSA) is 86.4 Å². The van der Waals surface area contributed by atoms with Crippen LogP contribution in [0.25, 0.3) is 0 Å². The van der Waals surface area contributed by atoms with Gasteiger partial charge in [0.25, 0.3) is 5.56 Å². The van der Waals surface area contributed by atoms with E-state index < -0.39 is 0 Å². The Morgan fingerprint density at radius 1 is 1.28 bits per heavy atom. The predicted molar refractivity (Wildman–Crippen MR) is 93.1 cm³/mol. The molecule has 1 N–H and O–H groups in total. The number of nitrogens with zero attached hydrogens (tertiary/aromatic N) is 3. The van der Waals surface area contributed by atoms with E-state index in [9.17, 15) is 14.4 Å². The number of amides is 2. The van der Waals surface area contributed by atoms with E-state index in [0.717, 1.165) is 19.4 Å². The summed E-state index contributed by atoms with van der Waals surface area (Å²) in [6.07, 6.45) is 2.44. The standard InChI is InChI=1S/C18H26N4O3/c1-10-15(18(25)20-11(2)19-10)8-17(24)22(4)14-5-12-7-16(23)21(3)9-13(12)6-14/h12-14H,5-9H2,1-4H3,(H,19,20,25)/t12-,13+,14-/m0/s1. The molecule has 1 aliphatic heterocycles. The van der Waals surface area contributed by atoms with Crippen molar-refractivity contribution < 1.29 is 9.59 Å². The van der Waals surface area contributed by atoms with E-state index in [0.29, 0.717) is 35.3 Å². The Hall–Kier alpha value is -2.18. The number of hydrogen-bond donors (Lipinski definition) is 1. The van der Waals surface area contributed by atoms with E-state index in [1.165, 1.54) is 0 Å². The van der Waals surface area contributed by atoms with Gasteiger partial charge in [0.1, 0.15) is 5.82 Å². The van der Waals surface area contributed by atoms with Crippen LogP contribution in [-0.4, -0.2) is 58.3 Å². The Labute approximate surface area is 147 Å². The van der Waals surface area contributed by atoms with Crippen molar-refractivity contribution in [1.29, 1.82) is 0 Å². The van der Waals surface area contributed by atoms with Gasteiger partial charge in [-0.2, -0.15) is 0 Å². The zero-order valence-electron chi connectivity index (χ0n) is 15.3. The lowest BCUT2D eigenvalue weighted by Gasteiger charge is -2.31. The molecule has 7 heteroatoms. The lowest BCUT2D eigenvalue weighted by molar-refractivity contribution is -0.135. The van der Waals surface area contributed by atoms with Crippen molar-refractivity contribution in [3.8, 4) is 0 Å². The first-order valence-corrected chi connectivity index (χ1v) is 8.82. The van der Waals surface area contributed by atoms with Gasteiger partial charge in [-0.15, -0.1) is 0 Å². The average molecular weight is 346 g/mol. The monoisotopic (exact) mass is 346 g/mol. The number of nitrogens with one attached hydrogen (secondary N) is 1. The zero-order valence-corrected chi connectivity index (χ0v) is 15.3. The Morgan fingerprint density at radius 3 is 2.64 bits per heavy atom. The van der Waals surface area contributed by atoms with Crippen molar-refractivity contribution >= 4 is 11.8 Å². The third kappa shape index (κ3) is 3.45. The Kier molecular flexibility index (Phi) is 4.67. The minimum atomic E-state index is -0.237. The number of H-pyrrole nitrogens is 1. The fraction of sp³-hybridized carbons (Fsp3) is 0.667. The van der Waals surface area contributed by atoms with Gasteiger partial charge in [0, 0.05) is 44.4 Å². The van der Waals surface area contributed by atoms with Crippen LogP contribution in [0.2, 0.25) is 0 Å². The smallest absolute Gasteiger partial charge is 0.254 e. The molecule has 3 atom stereocenters. The largest absolute Gasteiger partial charge is 0.345 e. The first-order chi connectivity index (χ1) is 11.8. The highest BCUT2D eigenvalue weighted by molar-refractivity contribution is 5.79. The van der Waals surface area contributed by atoms with Gasteiger partial charge in [-0.1, -0.05) is 0 Å². The lowest BCUT2D eigenvalue weighted by Crippen LogP contribution is -2.40. The molecule has 2 fully saturated rings. The number of likely N-dealkylation sites (N-methyl/N-ethyl adjacent to an activating group) is 1. The molecule has 1 aliphatic carbocycles. The molecule has 0 radical (unpaired) electrons. The number of piperidine rings is 1. The van der Waals surface area contributed by atoms with E-state index in [1.54, 1.807) is 30.7 Å². The Morgan fingerprint density at radius 2 is 1.96 bits per heavy atom. The zero-order chi connectivity index (χ0) is 18.3. The molecule has 0 aromatic carbocycles. The van der Waals surface area contributed by atoms with Crippen LogP contribution in [0.5, 0.6) is 0 Å². The van der Waals surface area contributed by atoms with Gasteiger partial charge >= 0.3 is 0 Å². The molecular weight excluding hydrogens is 320 g/mol. The number of carbonyl (C=O) groups excluding carboxylic acids is 2. The van der Waals surface area contributed by atoms with E-state index in [-0.39, 0.29) is 29.8 Å². The maximum Gasteiger partial charge on any atom is 0.254 e. The number of aromatic nitrogens is 2. The number of hydrogen-bond acceptors (Lipinski definition) is 4. The van der Waals surface area contributed by atoms with Gasteiger partial charge < -0.3 is 14.8 Å². The molecule has 7 nitrogen and oxygen atoms in total. The van der Waals surface area contributed by atoms with Gasteiger partial charge in [-0.05, 0) is 38.5 Å². The fourth-order valence-corrected chi connectivity index (χ4v) is 4.24. The van der Waals surface area contributed by atoms with Crippen molar-refractivity contribution in [2.75, 3.05) is 20.6 Å². The van der Waals surface area contributed by atoms with Gasteiger partial charge in [-0.3, -0.25) is 14.4 Å². The number of likely N-dealkylation sites (tertiary alicyclic amines) is 1. The molecule has 1 aromatic rings. The Bertz CT molecular complexity index is 757. The highest BCUT2D eigenvalue weighted by Gasteiger charge is 2.42. The second-order valence-corrected chi connectivity index (χ2v) is 7.52.